The quantitative estimate of drug-likeness (QED) is 0.773. The smallest absolute Gasteiger partial charge is 0.306 e. The third kappa shape index (κ3) is 2.36. The molecule has 0 atom stereocenters. The first kappa shape index (κ1) is 11.0. The van der Waals surface area contributed by atoms with Gasteiger partial charge in [0, 0.05) is 11.8 Å². The third-order valence-corrected chi connectivity index (χ3v) is 2.63. The summed E-state index contributed by atoms with van der Waals surface area (Å²) in [7, 11) is -3.48. The molecule has 0 spiro atoms. The predicted octanol–water partition coefficient (Wildman–Crippen LogP) is 2.33. The zero-order valence-corrected chi connectivity index (χ0v) is 9.87. The van der Waals surface area contributed by atoms with E-state index in [1.807, 2.05) is 13.0 Å². The topological polar surface area (TPSA) is 56.5 Å². The molecule has 0 N–H and O–H groups in total. The second-order valence-corrected chi connectivity index (χ2v) is 5.13. The van der Waals surface area contributed by atoms with Crippen molar-refractivity contribution in [1.29, 1.82) is 0 Å². The maximum Gasteiger partial charge on any atom is 0.306 e. The maximum atomic E-state index is 11.0. The van der Waals surface area contributed by atoms with Crippen molar-refractivity contribution in [3.05, 3.63) is 30.0 Å². The van der Waals surface area contributed by atoms with Crippen LogP contribution in [0.2, 0.25) is 0 Å². The second kappa shape index (κ2) is 3.83. The highest BCUT2D eigenvalue weighted by molar-refractivity contribution is 7.86. The molecule has 1 aromatic heterocycles. The summed E-state index contributed by atoms with van der Waals surface area (Å²) in [5.74, 6) is 1.17. The van der Waals surface area contributed by atoms with Crippen LogP contribution in [-0.4, -0.2) is 14.7 Å². The SMILES string of the molecule is CCc1cc2cc(OS(C)(=O)=O)ccc2o1. The van der Waals surface area contributed by atoms with Crippen LogP contribution < -0.4 is 4.18 Å². The van der Waals surface area contributed by atoms with Gasteiger partial charge in [-0.1, -0.05) is 6.92 Å². The first-order valence-electron chi connectivity index (χ1n) is 4.90. The van der Waals surface area contributed by atoms with Gasteiger partial charge in [0.1, 0.15) is 17.1 Å². The highest BCUT2D eigenvalue weighted by Gasteiger charge is 2.07. The molecule has 5 heteroatoms. The molecule has 86 valence electrons. The summed E-state index contributed by atoms with van der Waals surface area (Å²) in [4.78, 5) is 0. The number of fused-ring (bicyclic) bond motifs is 1. The Labute approximate surface area is 94.0 Å². The van der Waals surface area contributed by atoms with Crippen LogP contribution in [-0.2, 0) is 16.5 Å². The minimum Gasteiger partial charge on any atom is -0.461 e. The first-order chi connectivity index (χ1) is 7.48. The highest BCUT2D eigenvalue weighted by atomic mass is 32.2. The lowest BCUT2D eigenvalue weighted by Gasteiger charge is -2.01. The van der Waals surface area contributed by atoms with Crippen molar-refractivity contribution in [2.45, 2.75) is 13.3 Å². The first-order valence-corrected chi connectivity index (χ1v) is 6.71. The summed E-state index contributed by atoms with van der Waals surface area (Å²) in [5, 5.41) is 0.845. The summed E-state index contributed by atoms with van der Waals surface area (Å²) < 4.78 is 32.2. The normalized spacial score (nSPS) is 11.9. The van der Waals surface area contributed by atoms with Crippen LogP contribution in [0.5, 0.6) is 5.75 Å². The fraction of sp³-hybridized carbons (Fsp3) is 0.273. The van der Waals surface area contributed by atoms with E-state index in [-0.39, 0.29) is 0 Å². The molecule has 0 amide bonds. The van der Waals surface area contributed by atoms with Crippen LogP contribution >= 0.6 is 0 Å². The molecule has 1 heterocycles. The molecule has 4 nitrogen and oxygen atoms in total. The van der Waals surface area contributed by atoms with Gasteiger partial charge in [-0.2, -0.15) is 8.42 Å². The Hall–Kier alpha value is -1.49. The van der Waals surface area contributed by atoms with Gasteiger partial charge in [0.15, 0.2) is 0 Å². The molecular weight excluding hydrogens is 228 g/mol. The molecule has 0 bridgehead atoms. The van der Waals surface area contributed by atoms with Gasteiger partial charge < -0.3 is 8.60 Å². The molecule has 0 aliphatic rings. The van der Waals surface area contributed by atoms with E-state index in [1.165, 1.54) is 0 Å². The van der Waals surface area contributed by atoms with E-state index in [4.69, 9.17) is 8.60 Å². The molecule has 0 unspecified atom stereocenters. The van der Waals surface area contributed by atoms with E-state index in [2.05, 4.69) is 0 Å². The van der Waals surface area contributed by atoms with Gasteiger partial charge in [0.2, 0.25) is 0 Å². The molecule has 0 radical (unpaired) electrons. The van der Waals surface area contributed by atoms with Gasteiger partial charge >= 0.3 is 10.1 Å². The van der Waals surface area contributed by atoms with Crippen molar-refractivity contribution in [1.82, 2.24) is 0 Å². The van der Waals surface area contributed by atoms with E-state index >= 15 is 0 Å². The van der Waals surface area contributed by atoms with Crippen molar-refractivity contribution in [3.8, 4) is 5.75 Å². The molecular formula is C11H12O4S. The van der Waals surface area contributed by atoms with Gasteiger partial charge in [-0.3, -0.25) is 0 Å². The largest absolute Gasteiger partial charge is 0.461 e. The molecule has 0 saturated heterocycles. The maximum absolute atomic E-state index is 11.0. The minimum atomic E-state index is -3.48. The van der Waals surface area contributed by atoms with Crippen LogP contribution in [0.1, 0.15) is 12.7 Å². The zero-order valence-electron chi connectivity index (χ0n) is 9.06. The Balaban J connectivity index is 2.43. The van der Waals surface area contributed by atoms with Gasteiger partial charge in [-0.15, -0.1) is 0 Å². The second-order valence-electron chi connectivity index (χ2n) is 3.55. The van der Waals surface area contributed by atoms with Gasteiger partial charge in [0.25, 0.3) is 0 Å². The van der Waals surface area contributed by atoms with E-state index < -0.39 is 10.1 Å². The highest BCUT2D eigenvalue weighted by Crippen LogP contribution is 2.25. The van der Waals surface area contributed by atoms with Gasteiger partial charge in [-0.25, -0.2) is 0 Å². The molecule has 0 aliphatic heterocycles. The molecule has 2 rings (SSSR count). The van der Waals surface area contributed by atoms with Crippen molar-refractivity contribution >= 4 is 21.1 Å². The van der Waals surface area contributed by atoms with E-state index in [0.29, 0.717) is 5.75 Å². The Morgan fingerprint density at radius 2 is 2.06 bits per heavy atom. The molecule has 0 aliphatic carbocycles. The van der Waals surface area contributed by atoms with Gasteiger partial charge in [-0.05, 0) is 24.3 Å². The van der Waals surface area contributed by atoms with Crippen LogP contribution in [0, 0.1) is 0 Å². The fourth-order valence-electron chi connectivity index (χ4n) is 1.48. The monoisotopic (exact) mass is 240 g/mol. The number of hydrogen-bond donors (Lipinski definition) is 0. The standard InChI is InChI=1S/C11H12O4S/c1-3-9-6-8-7-10(15-16(2,12)13)4-5-11(8)14-9/h4-7H,3H2,1-2H3. The lowest BCUT2D eigenvalue weighted by atomic mass is 10.2. The Bertz CT molecular complexity index is 610. The Morgan fingerprint density at radius 1 is 1.31 bits per heavy atom. The van der Waals surface area contributed by atoms with Crippen molar-refractivity contribution in [2.75, 3.05) is 6.26 Å². The number of benzene rings is 1. The lowest BCUT2D eigenvalue weighted by molar-refractivity contribution is 0.493. The number of aryl methyl sites for hydroxylation is 1. The molecule has 2 aromatic rings. The van der Waals surface area contributed by atoms with Crippen LogP contribution in [0.4, 0.5) is 0 Å². The van der Waals surface area contributed by atoms with Crippen LogP contribution in [0.15, 0.2) is 28.7 Å². The van der Waals surface area contributed by atoms with Crippen molar-refractivity contribution in [3.63, 3.8) is 0 Å². The number of hydrogen-bond acceptors (Lipinski definition) is 4. The third-order valence-electron chi connectivity index (χ3n) is 2.13. The van der Waals surface area contributed by atoms with E-state index in [0.717, 1.165) is 29.4 Å². The van der Waals surface area contributed by atoms with Crippen LogP contribution in [0.25, 0.3) is 11.0 Å². The van der Waals surface area contributed by atoms with Crippen molar-refractivity contribution in [2.24, 2.45) is 0 Å². The average Bonchev–Trinajstić information content (AvgIpc) is 2.57. The van der Waals surface area contributed by atoms with E-state index in [1.54, 1.807) is 18.2 Å². The molecule has 1 aromatic carbocycles. The van der Waals surface area contributed by atoms with Gasteiger partial charge in [0.05, 0.1) is 6.26 Å². The minimum absolute atomic E-state index is 0.304. The molecule has 0 saturated carbocycles. The summed E-state index contributed by atoms with van der Waals surface area (Å²) >= 11 is 0. The van der Waals surface area contributed by atoms with E-state index in [9.17, 15) is 8.42 Å². The zero-order chi connectivity index (χ0) is 11.8. The molecule has 16 heavy (non-hydrogen) atoms. The lowest BCUT2D eigenvalue weighted by Crippen LogP contribution is -2.05. The number of furan rings is 1. The predicted molar refractivity (Wildman–Crippen MR) is 61.1 cm³/mol. The summed E-state index contributed by atoms with van der Waals surface area (Å²) in [6.07, 6.45) is 1.82. The average molecular weight is 240 g/mol. The van der Waals surface area contributed by atoms with Crippen molar-refractivity contribution < 1.29 is 17.0 Å². The van der Waals surface area contributed by atoms with Crippen LogP contribution in [0.3, 0.4) is 0 Å². The fourth-order valence-corrected chi connectivity index (χ4v) is 1.93. The summed E-state index contributed by atoms with van der Waals surface area (Å²) in [6, 6.07) is 6.81. The molecule has 0 fully saturated rings. The summed E-state index contributed by atoms with van der Waals surface area (Å²) in [6.45, 7) is 1.99. The number of rotatable bonds is 3. The Kier molecular flexibility index (Phi) is 2.63. The summed E-state index contributed by atoms with van der Waals surface area (Å²) in [5.41, 5.74) is 0.734. The Morgan fingerprint density at radius 3 is 2.69 bits per heavy atom.